The average molecular weight is 424 g/mol. The summed E-state index contributed by atoms with van der Waals surface area (Å²) in [6, 6.07) is 6.27. The van der Waals surface area contributed by atoms with Crippen LogP contribution in [-0.4, -0.2) is 33.8 Å². The first-order valence-corrected chi connectivity index (χ1v) is 9.37. The van der Waals surface area contributed by atoms with Gasteiger partial charge in [0.25, 0.3) is 0 Å². The number of nitrogens with zero attached hydrogens (tertiary/aromatic N) is 3. The van der Waals surface area contributed by atoms with E-state index in [4.69, 9.17) is 4.74 Å². The normalized spacial score (nSPS) is 13.9. The van der Waals surface area contributed by atoms with Gasteiger partial charge in [-0.05, 0) is 43.2 Å². The molecule has 6 nitrogen and oxygen atoms in total. The topological polar surface area (TPSA) is 80.2 Å². The van der Waals surface area contributed by atoms with Gasteiger partial charge in [0, 0.05) is 25.2 Å². The fourth-order valence-corrected chi connectivity index (χ4v) is 3.64. The van der Waals surface area contributed by atoms with E-state index in [-0.39, 0.29) is 12.6 Å². The Balaban J connectivity index is 1.89. The SMILES string of the molecule is COCC(C)(O)c1ncc(-c2cc(C)cc(Nc3nccc(C(F)(F)F)n3)c2)s1. The maximum atomic E-state index is 12.9. The van der Waals surface area contributed by atoms with E-state index in [0.717, 1.165) is 28.3 Å². The number of halogens is 3. The fourth-order valence-electron chi connectivity index (χ4n) is 2.70. The smallest absolute Gasteiger partial charge is 0.381 e. The number of ether oxygens (including phenoxy) is 1. The van der Waals surface area contributed by atoms with Crippen LogP contribution in [0.2, 0.25) is 0 Å². The Bertz CT molecular complexity index is 1010. The molecule has 0 fully saturated rings. The number of rotatable bonds is 6. The second-order valence-corrected chi connectivity index (χ2v) is 7.74. The lowest BCUT2D eigenvalue weighted by Crippen LogP contribution is -2.26. The van der Waals surface area contributed by atoms with E-state index in [0.29, 0.717) is 10.7 Å². The molecule has 0 radical (unpaired) electrons. The lowest BCUT2D eigenvalue weighted by molar-refractivity contribution is -0.141. The molecule has 2 N–H and O–H groups in total. The zero-order valence-electron chi connectivity index (χ0n) is 15.9. The zero-order chi connectivity index (χ0) is 21.2. The number of alkyl halides is 3. The van der Waals surface area contributed by atoms with Crippen molar-refractivity contribution in [3.05, 3.63) is 52.9 Å². The minimum absolute atomic E-state index is 0.105. The summed E-state index contributed by atoms with van der Waals surface area (Å²) in [4.78, 5) is 12.5. The van der Waals surface area contributed by atoms with Crippen LogP contribution in [0.4, 0.5) is 24.8 Å². The van der Waals surface area contributed by atoms with Crippen molar-refractivity contribution in [3.8, 4) is 10.4 Å². The molecule has 0 aliphatic heterocycles. The number of aliphatic hydroxyl groups is 1. The number of methoxy groups -OCH3 is 1. The van der Waals surface area contributed by atoms with E-state index in [1.54, 1.807) is 25.3 Å². The maximum absolute atomic E-state index is 12.9. The van der Waals surface area contributed by atoms with E-state index in [1.807, 2.05) is 13.0 Å². The average Bonchev–Trinajstić information content (AvgIpc) is 3.12. The second kappa shape index (κ2) is 8.05. The van der Waals surface area contributed by atoms with Gasteiger partial charge in [-0.3, -0.25) is 0 Å². The van der Waals surface area contributed by atoms with Gasteiger partial charge in [-0.15, -0.1) is 11.3 Å². The monoisotopic (exact) mass is 424 g/mol. The summed E-state index contributed by atoms with van der Waals surface area (Å²) in [5.41, 5.74) is -0.00524. The van der Waals surface area contributed by atoms with Crippen LogP contribution in [0.3, 0.4) is 0 Å². The first kappa shape index (κ1) is 21.2. The Morgan fingerprint density at radius 2 is 1.97 bits per heavy atom. The van der Waals surface area contributed by atoms with Crippen LogP contribution in [-0.2, 0) is 16.5 Å². The number of anilines is 2. The predicted molar refractivity (Wildman–Crippen MR) is 104 cm³/mol. The van der Waals surface area contributed by atoms with Gasteiger partial charge in [0.05, 0.1) is 11.5 Å². The second-order valence-electron chi connectivity index (χ2n) is 6.71. The van der Waals surface area contributed by atoms with E-state index < -0.39 is 17.5 Å². The lowest BCUT2D eigenvalue weighted by atomic mass is 10.1. The molecule has 29 heavy (non-hydrogen) atoms. The van der Waals surface area contributed by atoms with Gasteiger partial charge in [0.1, 0.15) is 16.3 Å². The summed E-state index contributed by atoms with van der Waals surface area (Å²) in [6.07, 6.45) is -1.85. The number of nitrogens with one attached hydrogen (secondary N) is 1. The molecule has 1 atom stereocenters. The first-order valence-electron chi connectivity index (χ1n) is 8.55. The number of aryl methyl sites for hydroxylation is 1. The third-order valence-electron chi connectivity index (χ3n) is 3.96. The van der Waals surface area contributed by atoms with Crippen molar-refractivity contribution in [2.45, 2.75) is 25.6 Å². The molecule has 0 aliphatic carbocycles. The molecule has 0 amide bonds. The van der Waals surface area contributed by atoms with Gasteiger partial charge in [-0.2, -0.15) is 13.2 Å². The van der Waals surface area contributed by atoms with Crippen LogP contribution in [0.1, 0.15) is 23.2 Å². The lowest BCUT2D eigenvalue weighted by Gasteiger charge is -2.18. The molecule has 2 heterocycles. The van der Waals surface area contributed by atoms with Crippen molar-refractivity contribution >= 4 is 23.0 Å². The summed E-state index contributed by atoms with van der Waals surface area (Å²) >= 11 is 1.31. The Kier molecular flexibility index (Phi) is 5.87. The van der Waals surface area contributed by atoms with Crippen molar-refractivity contribution in [2.75, 3.05) is 19.0 Å². The fraction of sp³-hybridized carbons (Fsp3) is 0.316. The number of aromatic nitrogens is 3. The van der Waals surface area contributed by atoms with Crippen molar-refractivity contribution < 1.29 is 23.0 Å². The Morgan fingerprint density at radius 3 is 2.66 bits per heavy atom. The van der Waals surface area contributed by atoms with Gasteiger partial charge in [0.15, 0.2) is 0 Å². The first-order chi connectivity index (χ1) is 13.6. The van der Waals surface area contributed by atoms with Crippen LogP contribution >= 0.6 is 11.3 Å². The van der Waals surface area contributed by atoms with Crippen LogP contribution in [0.15, 0.2) is 36.7 Å². The molecule has 154 valence electrons. The summed E-state index contributed by atoms with van der Waals surface area (Å²) < 4.78 is 43.6. The molecular weight excluding hydrogens is 405 g/mol. The van der Waals surface area contributed by atoms with Crippen molar-refractivity contribution in [1.82, 2.24) is 15.0 Å². The van der Waals surface area contributed by atoms with Gasteiger partial charge in [-0.25, -0.2) is 15.0 Å². The van der Waals surface area contributed by atoms with Crippen molar-refractivity contribution in [3.63, 3.8) is 0 Å². The van der Waals surface area contributed by atoms with Gasteiger partial charge < -0.3 is 15.2 Å². The molecule has 2 aromatic heterocycles. The van der Waals surface area contributed by atoms with Gasteiger partial charge >= 0.3 is 6.18 Å². The maximum Gasteiger partial charge on any atom is 0.433 e. The van der Waals surface area contributed by atoms with E-state index in [1.165, 1.54) is 18.4 Å². The third kappa shape index (κ3) is 5.08. The van der Waals surface area contributed by atoms with Crippen LogP contribution in [0.5, 0.6) is 0 Å². The summed E-state index contributed by atoms with van der Waals surface area (Å²) in [6.45, 7) is 3.59. The number of hydrogen-bond donors (Lipinski definition) is 2. The minimum Gasteiger partial charge on any atom is -0.381 e. The Labute approximate surface area is 169 Å². The quantitative estimate of drug-likeness (QED) is 0.606. The summed E-state index contributed by atoms with van der Waals surface area (Å²) in [5.74, 6) is -0.149. The van der Waals surface area contributed by atoms with E-state index >= 15 is 0 Å². The minimum atomic E-state index is -4.55. The number of benzene rings is 1. The molecule has 0 saturated heterocycles. The van der Waals surface area contributed by atoms with E-state index in [9.17, 15) is 18.3 Å². The molecule has 0 spiro atoms. The Hall–Kier alpha value is -2.56. The highest BCUT2D eigenvalue weighted by Crippen LogP contribution is 2.34. The molecule has 1 aromatic carbocycles. The highest BCUT2D eigenvalue weighted by atomic mass is 32.1. The van der Waals surface area contributed by atoms with Crippen LogP contribution in [0.25, 0.3) is 10.4 Å². The highest BCUT2D eigenvalue weighted by Gasteiger charge is 2.32. The molecule has 10 heteroatoms. The zero-order valence-corrected chi connectivity index (χ0v) is 16.7. The molecule has 0 saturated carbocycles. The third-order valence-corrected chi connectivity index (χ3v) is 5.26. The molecule has 3 rings (SSSR count). The van der Waals surface area contributed by atoms with Crippen LogP contribution in [0, 0.1) is 6.92 Å². The largest absolute Gasteiger partial charge is 0.433 e. The Morgan fingerprint density at radius 1 is 1.21 bits per heavy atom. The molecule has 1 unspecified atom stereocenters. The van der Waals surface area contributed by atoms with Gasteiger partial charge in [-0.1, -0.05) is 6.07 Å². The van der Waals surface area contributed by atoms with Crippen LogP contribution < -0.4 is 5.32 Å². The standard InChI is InChI=1S/C19H19F3N4O2S/c1-11-6-12(14-9-24-16(29-14)18(2,27)10-28-3)8-13(7-11)25-17-23-5-4-15(26-17)19(20,21)22/h4-9,27H,10H2,1-3H3,(H,23,25,26). The number of hydrogen-bond acceptors (Lipinski definition) is 7. The summed E-state index contributed by atoms with van der Waals surface area (Å²) in [5, 5.41) is 13.8. The molecule has 0 aliphatic rings. The molecular formula is C19H19F3N4O2S. The number of thiazole rings is 1. The predicted octanol–water partition coefficient (Wildman–Crippen LogP) is 4.52. The van der Waals surface area contributed by atoms with Crippen molar-refractivity contribution in [2.24, 2.45) is 0 Å². The molecule has 3 aromatic rings. The van der Waals surface area contributed by atoms with Crippen molar-refractivity contribution in [1.29, 1.82) is 0 Å². The highest BCUT2D eigenvalue weighted by molar-refractivity contribution is 7.15. The van der Waals surface area contributed by atoms with E-state index in [2.05, 4.69) is 20.3 Å². The molecule has 0 bridgehead atoms. The summed E-state index contributed by atoms with van der Waals surface area (Å²) in [7, 11) is 1.50. The van der Waals surface area contributed by atoms with Gasteiger partial charge in [0.2, 0.25) is 5.95 Å².